The van der Waals surface area contributed by atoms with Gasteiger partial charge >= 0.3 is 0 Å². The first-order valence-corrected chi connectivity index (χ1v) is 9.79. The first-order chi connectivity index (χ1) is 12.3. The molecule has 0 heterocycles. The maximum Gasteiger partial charge on any atom is 0.0520 e. The van der Waals surface area contributed by atoms with Gasteiger partial charge in [-0.25, -0.2) is 0 Å². The first kappa shape index (κ1) is 18.7. The molecule has 134 valence electrons. The average molecular weight is 408 g/mol. The van der Waals surface area contributed by atoms with Crippen molar-refractivity contribution in [3.05, 3.63) is 87.9 Å². The van der Waals surface area contributed by atoms with Gasteiger partial charge < -0.3 is 4.90 Å². The van der Waals surface area contributed by atoms with Crippen molar-refractivity contribution in [3.8, 4) is 0 Å². The Bertz CT molecular complexity index is 867. The van der Waals surface area contributed by atoms with Gasteiger partial charge in [-0.2, -0.15) is 0 Å². The molecule has 2 heteroatoms. The highest BCUT2D eigenvalue weighted by molar-refractivity contribution is 9.10. The Morgan fingerprint density at radius 2 is 1.23 bits per heavy atom. The quantitative estimate of drug-likeness (QED) is 0.427. The van der Waals surface area contributed by atoms with Gasteiger partial charge in [-0.15, -0.1) is 0 Å². The predicted molar refractivity (Wildman–Crippen MR) is 117 cm³/mol. The van der Waals surface area contributed by atoms with Crippen LogP contribution in [0, 0.1) is 13.8 Å². The molecule has 0 atom stereocenters. The Hall–Kier alpha value is -2.06. The van der Waals surface area contributed by atoms with Crippen molar-refractivity contribution in [1.29, 1.82) is 0 Å². The molecular formula is C24H26BrN. The molecule has 0 aromatic heterocycles. The van der Waals surface area contributed by atoms with E-state index < -0.39 is 0 Å². The lowest BCUT2D eigenvalue weighted by molar-refractivity contribution is 0.589. The van der Waals surface area contributed by atoms with Gasteiger partial charge in [0.15, 0.2) is 0 Å². The van der Waals surface area contributed by atoms with E-state index in [4.69, 9.17) is 0 Å². The van der Waals surface area contributed by atoms with Crippen LogP contribution in [0.25, 0.3) is 0 Å². The minimum absolute atomic E-state index is 0.142. The van der Waals surface area contributed by atoms with Crippen molar-refractivity contribution in [2.75, 3.05) is 4.90 Å². The number of hydrogen-bond donors (Lipinski definition) is 0. The molecule has 0 bridgehead atoms. The minimum Gasteiger partial charge on any atom is -0.310 e. The summed E-state index contributed by atoms with van der Waals surface area (Å²) in [5, 5.41) is 0. The van der Waals surface area contributed by atoms with E-state index in [-0.39, 0.29) is 5.41 Å². The lowest BCUT2D eigenvalue weighted by Crippen LogP contribution is -2.16. The number of aryl methyl sites for hydroxylation is 2. The summed E-state index contributed by atoms with van der Waals surface area (Å²) in [4.78, 5) is 2.35. The fraction of sp³-hybridized carbons (Fsp3) is 0.250. The third kappa shape index (κ3) is 3.86. The number of nitrogens with zero attached hydrogens (tertiary/aromatic N) is 1. The summed E-state index contributed by atoms with van der Waals surface area (Å²) in [5.41, 5.74) is 7.69. The summed E-state index contributed by atoms with van der Waals surface area (Å²) in [7, 11) is 0. The molecule has 0 unspecified atom stereocenters. The van der Waals surface area contributed by atoms with Gasteiger partial charge in [-0.1, -0.05) is 67.0 Å². The molecule has 0 aliphatic heterocycles. The van der Waals surface area contributed by atoms with Crippen LogP contribution in [-0.4, -0.2) is 0 Å². The summed E-state index contributed by atoms with van der Waals surface area (Å²) in [6.45, 7) is 11.2. The molecule has 0 N–H and O–H groups in total. The number of hydrogen-bond acceptors (Lipinski definition) is 1. The maximum absolute atomic E-state index is 3.55. The predicted octanol–water partition coefficient (Wildman–Crippen LogP) is 7.83. The van der Waals surface area contributed by atoms with E-state index in [2.05, 4.69) is 122 Å². The lowest BCUT2D eigenvalue weighted by Gasteiger charge is -2.30. The van der Waals surface area contributed by atoms with Gasteiger partial charge in [0, 0.05) is 15.8 Å². The molecule has 0 saturated carbocycles. The largest absolute Gasteiger partial charge is 0.310 e. The second-order valence-corrected chi connectivity index (χ2v) is 8.77. The van der Waals surface area contributed by atoms with Crippen LogP contribution < -0.4 is 4.90 Å². The Balaban J connectivity index is 2.21. The molecular weight excluding hydrogens is 382 g/mol. The molecule has 3 rings (SSSR count). The molecule has 3 aromatic rings. The lowest BCUT2D eigenvalue weighted by atomic mass is 9.84. The maximum atomic E-state index is 3.55. The van der Waals surface area contributed by atoms with Gasteiger partial charge in [-0.05, 0) is 72.4 Å². The molecule has 1 nitrogen and oxygen atoms in total. The first-order valence-electron chi connectivity index (χ1n) is 9.00. The smallest absolute Gasteiger partial charge is 0.0520 e. The van der Waals surface area contributed by atoms with Crippen molar-refractivity contribution < 1.29 is 0 Å². The number of rotatable bonds is 3. The van der Waals surface area contributed by atoms with Crippen molar-refractivity contribution >= 4 is 33.0 Å². The topological polar surface area (TPSA) is 3.24 Å². The van der Waals surface area contributed by atoms with Crippen LogP contribution in [0.3, 0.4) is 0 Å². The van der Waals surface area contributed by atoms with E-state index in [1.807, 2.05) is 0 Å². The molecule has 0 spiro atoms. The molecule has 0 amide bonds. The summed E-state index contributed by atoms with van der Waals surface area (Å²) in [6, 6.07) is 23.8. The fourth-order valence-corrected chi connectivity index (χ4v) is 3.58. The van der Waals surface area contributed by atoms with Gasteiger partial charge in [0.2, 0.25) is 0 Å². The normalized spacial score (nSPS) is 11.5. The Kier molecular flexibility index (Phi) is 5.24. The van der Waals surface area contributed by atoms with Crippen LogP contribution in [0.4, 0.5) is 17.1 Å². The molecule has 26 heavy (non-hydrogen) atoms. The fourth-order valence-electron chi connectivity index (χ4n) is 3.32. The summed E-state index contributed by atoms with van der Waals surface area (Å²) < 4.78 is 1.09. The molecule has 3 aromatic carbocycles. The van der Waals surface area contributed by atoms with E-state index in [0.717, 1.165) is 10.2 Å². The summed E-state index contributed by atoms with van der Waals surface area (Å²) in [5.74, 6) is 0. The van der Waals surface area contributed by atoms with Crippen LogP contribution in [0.5, 0.6) is 0 Å². The number of benzene rings is 3. The van der Waals surface area contributed by atoms with Gasteiger partial charge in [-0.3, -0.25) is 0 Å². The molecule has 0 aliphatic rings. The van der Waals surface area contributed by atoms with Crippen LogP contribution >= 0.6 is 15.9 Å². The zero-order valence-electron chi connectivity index (χ0n) is 16.2. The second kappa shape index (κ2) is 7.28. The molecule has 0 saturated heterocycles. The van der Waals surface area contributed by atoms with E-state index in [1.165, 1.54) is 28.1 Å². The SMILES string of the molecule is Cc1cc(C(C)(C)C)cc(C)c1N(c1ccccc1)c1ccc(Br)cc1. The van der Waals surface area contributed by atoms with Gasteiger partial charge in [0.25, 0.3) is 0 Å². The number of para-hydroxylation sites is 1. The average Bonchev–Trinajstić information content (AvgIpc) is 2.59. The zero-order chi connectivity index (χ0) is 18.9. The summed E-state index contributed by atoms with van der Waals surface area (Å²) in [6.07, 6.45) is 0. The van der Waals surface area contributed by atoms with Crippen LogP contribution in [0.1, 0.15) is 37.5 Å². The number of anilines is 3. The van der Waals surface area contributed by atoms with Crippen molar-refractivity contribution in [2.45, 2.75) is 40.0 Å². The van der Waals surface area contributed by atoms with Crippen LogP contribution in [-0.2, 0) is 5.41 Å². The van der Waals surface area contributed by atoms with Crippen molar-refractivity contribution in [3.63, 3.8) is 0 Å². The Morgan fingerprint density at radius 3 is 1.73 bits per heavy atom. The van der Waals surface area contributed by atoms with Crippen molar-refractivity contribution in [2.24, 2.45) is 0 Å². The molecule has 0 aliphatic carbocycles. The monoisotopic (exact) mass is 407 g/mol. The Morgan fingerprint density at radius 1 is 0.731 bits per heavy atom. The van der Waals surface area contributed by atoms with Crippen LogP contribution in [0.15, 0.2) is 71.2 Å². The van der Waals surface area contributed by atoms with Crippen molar-refractivity contribution in [1.82, 2.24) is 0 Å². The minimum atomic E-state index is 0.142. The van der Waals surface area contributed by atoms with Gasteiger partial charge in [0.1, 0.15) is 0 Å². The van der Waals surface area contributed by atoms with Gasteiger partial charge in [0.05, 0.1) is 5.69 Å². The third-order valence-electron chi connectivity index (χ3n) is 4.68. The van der Waals surface area contributed by atoms with E-state index in [9.17, 15) is 0 Å². The van der Waals surface area contributed by atoms with Crippen LogP contribution in [0.2, 0.25) is 0 Å². The summed E-state index contributed by atoms with van der Waals surface area (Å²) >= 11 is 3.55. The second-order valence-electron chi connectivity index (χ2n) is 7.86. The molecule has 0 radical (unpaired) electrons. The Labute approximate surface area is 165 Å². The highest BCUT2D eigenvalue weighted by Crippen LogP contribution is 2.40. The zero-order valence-corrected chi connectivity index (χ0v) is 17.8. The number of halogens is 1. The highest BCUT2D eigenvalue weighted by atomic mass is 79.9. The standard InChI is InChI=1S/C24H26BrN/c1-17-15-19(24(3,4)5)16-18(2)23(17)26(21-9-7-6-8-10-21)22-13-11-20(25)12-14-22/h6-16H,1-5H3. The molecule has 0 fully saturated rings. The van der Waals surface area contributed by atoms with E-state index in [0.29, 0.717) is 0 Å². The third-order valence-corrected chi connectivity index (χ3v) is 5.21. The van der Waals surface area contributed by atoms with E-state index in [1.54, 1.807) is 0 Å². The highest BCUT2D eigenvalue weighted by Gasteiger charge is 2.21. The van der Waals surface area contributed by atoms with E-state index >= 15 is 0 Å².